The minimum absolute atomic E-state index is 0. The summed E-state index contributed by atoms with van der Waals surface area (Å²) in [5.41, 5.74) is 8.94. The van der Waals surface area contributed by atoms with E-state index in [1.165, 1.54) is 0 Å². The van der Waals surface area contributed by atoms with Gasteiger partial charge in [-0.05, 0) is 0 Å². The Morgan fingerprint density at radius 2 is 1.60 bits per heavy atom. The van der Waals surface area contributed by atoms with Gasteiger partial charge in [0.2, 0.25) is 0 Å². The van der Waals surface area contributed by atoms with E-state index in [1.54, 1.807) is 0 Å². The van der Waals surface area contributed by atoms with Gasteiger partial charge in [0.15, 0.2) is 5.96 Å². The summed E-state index contributed by atoms with van der Waals surface area (Å²) in [5.74, 6) is -0.333. The molecule has 0 heterocycles. The van der Waals surface area contributed by atoms with E-state index in [0.717, 1.165) is 0 Å². The Hall–Kier alpha value is -0.133. The summed E-state index contributed by atoms with van der Waals surface area (Å²) in [7, 11) is 0. The molecule has 0 aromatic rings. The first-order chi connectivity index (χ1) is 1.73. The molecule has 0 aliphatic heterocycles. The van der Waals surface area contributed by atoms with Gasteiger partial charge in [-0.1, -0.05) is 0 Å². The van der Waals surface area contributed by atoms with Gasteiger partial charge in [0, 0.05) is 0 Å². The van der Waals surface area contributed by atoms with Crippen LogP contribution >= 0.6 is 0 Å². The molecule has 5 heavy (non-hydrogen) atoms. The molecule has 0 rings (SSSR count). The van der Waals surface area contributed by atoms with Crippen LogP contribution in [-0.4, -0.2) is 5.96 Å². The molecule has 0 amide bonds. The normalized spacial score (nSPS) is 4.80. The average Bonchev–Trinajstić information content (AvgIpc) is 0.811. The SMILES string of the molecule is N=C(N)N.[H-].[Li+]. The summed E-state index contributed by atoms with van der Waals surface area (Å²) in [6, 6.07) is 0. The average molecular weight is 67.0 g/mol. The molecule has 0 aromatic carbocycles. The number of hydrogen-bond acceptors (Lipinski definition) is 1. The van der Waals surface area contributed by atoms with E-state index in [4.69, 9.17) is 5.41 Å². The van der Waals surface area contributed by atoms with E-state index in [1.807, 2.05) is 0 Å². The van der Waals surface area contributed by atoms with Crippen LogP contribution in [-0.2, 0) is 0 Å². The number of nitrogens with two attached hydrogens (primary N) is 2. The van der Waals surface area contributed by atoms with Crippen LogP contribution in [0.15, 0.2) is 0 Å². The maximum Gasteiger partial charge on any atom is 1.00 e. The molecule has 0 unspecified atom stereocenters. The molecule has 0 atom stereocenters. The summed E-state index contributed by atoms with van der Waals surface area (Å²) in [6.07, 6.45) is 0. The van der Waals surface area contributed by atoms with Gasteiger partial charge >= 0.3 is 18.9 Å². The Morgan fingerprint density at radius 1 is 1.60 bits per heavy atom. The van der Waals surface area contributed by atoms with Crippen molar-refractivity contribution >= 4 is 5.96 Å². The standard InChI is InChI=1S/CH5N3.Li.H/c2-1(3)4;;/h(H5,2,3,4);;/q;+1;-1. The predicted molar refractivity (Wildman–Crippen MR) is 17.2 cm³/mol. The van der Waals surface area contributed by atoms with E-state index >= 15 is 0 Å². The molecule has 4 heteroatoms. The van der Waals surface area contributed by atoms with Crippen molar-refractivity contribution in [2.45, 2.75) is 0 Å². The minimum atomic E-state index is -0.333. The van der Waals surface area contributed by atoms with Crippen molar-refractivity contribution < 1.29 is 20.3 Å². The van der Waals surface area contributed by atoms with Crippen LogP contribution in [0.25, 0.3) is 0 Å². The third-order valence-electron chi connectivity index (χ3n) is 0. The van der Waals surface area contributed by atoms with Crippen molar-refractivity contribution in [3.8, 4) is 0 Å². The second kappa shape index (κ2) is 3.87. The van der Waals surface area contributed by atoms with Gasteiger partial charge in [0.05, 0.1) is 0 Å². The van der Waals surface area contributed by atoms with Gasteiger partial charge in [-0.2, -0.15) is 0 Å². The van der Waals surface area contributed by atoms with Crippen LogP contribution < -0.4 is 30.3 Å². The fraction of sp³-hybridized carbons (Fsp3) is 0. The maximum absolute atomic E-state index is 6.06. The predicted octanol–water partition coefficient (Wildman–Crippen LogP) is -4.04. The summed E-state index contributed by atoms with van der Waals surface area (Å²) in [5, 5.41) is 6.06. The molecule has 0 aliphatic rings. The molecule has 0 aliphatic carbocycles. The first-order valence-electron chi connectivity index (χ1n) is 0.827. The van der Waals surface area contributed by atoms with Crippen molar-refractivity contribution in [1.82, 2.24) is 0 Å². The van der Waals surface area contributed by atoms with Crippen molar-refractivity contribution in [3.05, 3.63) is 0 Å². The van der Waals surface area contributed by atoms with Gasteiger partial charge in [-0.3, -0.25) is 5.41 Å². The van der Waals surface area contributed by atoms with Gasteiger partial charge in [-0.15, -0.1) is 0 Å². The largest absolute Gasteiger partial charge is 1.00 e. The van der Waals surface area contributed by atoms with Gasteiger partial charge in [0.1, 0.15) is 0 Å². The second-order valence-corrected chi connectivity index (χ2v) is 0.455. The Bertz CT molecular complexity index is 33.8. The van der Waals surface area contributed by atoms with E-state index in [0.29, 0.717) is 0 Å². The third kappa shape index (κ3) is 767. The summed E-state index contributed by atoms with van der Waals surface area (Å²) < 4.78 is 0. The fourth-order valence-corrected chi connectivity index (χ4v) is 0. The zero-order valence-electron chi connectivity index (χ0n) is 4.15. The van der Waals surface area contributed by atoms with E-state index in [9.17, 15) is 0 Å². The number of hydrogen-bond donors (Lipinski definition) is 3. The topological polar surface area (TPSA) is 75.9 Å². The van der Waals surface area contributed by atoms with E-state index < -0.39 is 0 Å². The van der Waals surface area contributed by atoms with Crippen molar-refractivity contribution in [3.63, 3.8) is 0 Å². The Labute approximate surface area is 43.9 Å². The van der Waals surface area contributed by atoms with Crippen LogP contribution in [0.3, 0.4) is 0 Å². The Morgan fingerprint density at radius 3 is 1.60 bits per heavy atom. The minimum Gasteiger partial charge on any atom is -1.00 e. The number of rotatable bonds is 0. The van der Waals surface area contributed by atoms with Crippen LogP contribution in [0.5, 0.6) is 0 Å². The molecule has 0 saturated heterocycles. The first-order valence-corrected chi connectivity index (χ1v) is 0.827. The van der Waals surface area contributed by atoms with Crippen LogP contribution in [0.4, 0.5) is 0 Å². The summed E-state index contributed by atoms with van der Waals surface area (Å²) in [4.78, 5) is 0. The van der Waals surface area contributed by atoms with Crippen LogP contribution in [0, 0.1) is 5.41 Å². The summed E-state index contributed by atoms with van der Waals surface area (Å²) >= 11 is 0. The van der Waals surface area contributed by atoms with Crippen LogP contribution in [0.1, 0.15) is 1.43 Å². The molecule has 3 nitrogen and oxygen atoms in total. The molecule has 26 valence electrons. The van der Waals surface area contributed by atoms with Crippen molar-refractivity contribution in [2.24, 2.45) is 11.5 Å². The number of guanidine groups is 1. The van der Waals surface area contributed by atoms with E-state index in [2.05, 4.69) is 11.5 Å². The molecular formula is CH6LiN3. The first kappa shape index (κ1) is 8.85. The molecule has 5 N–H and O–H groups in total. The van der Waals surface area contributed by atoms with Gasteiger partial charge < -0.3 is 12.9 Å². The molecule has 0 fully saturated rings. The smallest absolute Gasteiger partial charge is 1.00 e. The maximum atomic E-state index is 6.06. The van der Waals surface area contributed by atoms with Gasteiger partial charge in [0.25, 0.3) is 0 Å². The molecular weight excluding hydrogens is 61.0 g/mol. The van der Waals surface area contributed by atoms with Crippen molar-refractivity contribution in [2.75, 3.05) is 0 Å². The molecule has 0 spiro atoms. The van der Waals surface area contributed by atoms with Crippen molar-refractivity contribution in [1.29, 1.82) is 5.41 Å². The molecule has 0 saturated carbocycles. The third-order valence-corrected chi connectivity index (χ3v) is 0. The Kier molecular flexibility index (Phi) is 6.85. The fourth-order valence-electron chi connectivity index (χ4n) is 0. The summed E-state index contributed by atoms with van der Waals surface area (Å²) in [6.45, 7) is 0. The van der Waals surface area contributed by atoms with E-state index in [-0.39, 0.29) is 26.2 Å². The number of nitrogens with one attached hydrogen (secondary N) is 1. The molecule has 0 radical (unpaired) electrons. The Balaban J connectivity index is -0.0000000450. The monoisotopic (exact) mass is 67.1 g/mol. The second-order valence-electron chi connectivity index (χ2n) is 0.455. The molecule has 0 aromatic heterocycles. The van der Waals surface area contributed by atoms with Crippen LogP contribution in [0.2, 0.25) is 0 Å². The molecule has 0 bridgehead atoms. The zero-order chi connectivity index (χ0) is 3.58. The van der Waals surface area contributed by atoms with Gasteiger partial charge in [-0.25, -0.2) is 0 Å². The zero-order valence-corrected chi connectivity index (χ0v) is 3.15. The quantitative estimate of drug-likeness (QED) is 0.153.